The number of hydrogen-bond acceptors (Lipinski definition) is 2. The van der Waals surface area contributed by atoms with E-state index in [-0.39, 0.29) is 29.2 Å². The lowest BCUT2D eigenvalue weighted by Crippen LogP contribution is -2.29. The molecule has 4 heteroatoms. The van der Waals surface area contributed by atoms with Gasteiger partial charge in [0.25, 0.3) is 0 Å². The molecule has 17 heavy (non-hydrogen) atoms. The van der Waals surface area contributed by atoms with Crippen LogP contribution in [0.4, 0.5) is 4.39 Å². The Bertz CT molecular complexity index is 435. The Morgan fingerprint density at radius 1 is 1.59 bits per heavy atom. The molecule has 1 heterocycles. The lowest BCUT2D eigenvalue weighted by Gasteiger charge is -2.13. The van der Waals surface area contributed by atoms with E-state index in [1.54, 1.807) is 6.07 Å². The molecule has 0 saturated carbocycles. The minimum absolute atomic E-state index is 0.0498. The molecule has 0 spiro atoms. The number of carbonyl (C=O) groups is 1. The third-order valence-electron chi connectivity index (χ3n) is 3.30. The first kappa shape index (κ1) is 12.5. The third kappa shape index (κ3) is 2.85. The van der Waals surface area contributed by atoms with Gasteiger partial charge in [-0.05, 0) is 37.6 Å². The zero-order valence-electron chi connectivity index (χ0n) is 9.67. The molecule has 0 aromatic heterocycles. The van der Waals surface area contributed by atoms with Crippen LogP contribution in [0, 0.1) is 11.7 Å². The molecular formula is C13H15ClFNO. The van der Waals surface area contributed by atoms with E-state index in [4.69, 9.17) is 11.6 Å². The summed E-state index contributed by atoms with van der Waals surface area (Å²) in [7, 11) is 0. The first-order chi connectivity index (χ1) is 8.08. The summed E-state index contributed by atoms with van der Waals surface area (Å²) in [6, 6.07) is 4.76. The molecule has 1 saturated heterocycles. The maximum atomic E-state index is 13.2. The van der Waals surface area contributed by atoms with E-state index in [0.717, 1.165) is 13.0 Å². The highest BCUT2D eigenvalue weighted by atomic mass is 35.5. The fourth-order valence-electron chi connectivity index (χ4n) is 2.28. The van der Waals surface area contributed by atoms with Crippen LogP contribution >= 0.6 is 11.6 Å². The molecule has 1 aliphatic heterocycles. The van der Waals surface area contributed by atoms with Crippen LogP contribution < -0.4 is 5.32 Å². The molecule has 0 radical (unpaired) electrons. The van der Waals surface area contributed by atoms with Crippen LogP contribution in [-0.4, -0.2) is 18.4 Å². The van der Waals surface area contributed by atoms with Gasteiger partial charge in [-0.3, -0.25) is 4.79 Å². The zero-order chi connectivity index (χ0) is 12.4. The van der Waals surface area contributed by atoms with Gasteiger partial charge >= 0.3 is 0 Å². The Morgan fingerprint density at radius 2 is 2.35 bits per heavy atom. The lowest BCUT2D eigenvalue weighted by atomic mass is 9.92. The summed E-state index contributed by atoms with van der Waals surface area (Å²) in [5.41, 5.74) is 0.691. The Morgan fingerprint density at radius 3 is 2.94 bits per heavy atom. The number of halogens is 2. The number of rotatable bonds is 3. The van der Waals surface area contributed by atoms with Crippen LogP contribution in [0.2, 0.25) is 5.02 Å². The third-order valence-corrected chi connectivity index (χ3v) is 3.61. The van der Waals surface area contributed by atoms with Gasteiger partial charge < -0.3 is 5.32 Å². The van der Waals surface area contributed by atoms with Crippen molar-refractivity contribution < 1.29 is 9.18 Å². The number of carbonyl (C=O) groups excluding carboxylic acids is 1. The topological polar surface area (TPSA) is 29.1 Å². The molecule has 2 atom stereocenters. The van der Waals surface area contributed by atoms with Gasteiger partial charge in [-0.15, -0.1) is 0 Å². The fourth-order valence-corrected chi connectivity index (χ4v) is 2.40. The summed E-state index contributed by atoms with van der Waals surface area (Å²) in [5.74, 6) is -0.243. The van der Waals surface area contributed by atoms with E-state index in [9.17, 15) is 9.18 Å². The van der Waals surface area contributed by atoms with Crippen molar-refractivity contribution in [3.8, 4) is 0 Å². The average molecular weight is 256 g/mol. The zero-order valence-corrected chi connectivity index (χ0v) is 10.4. The summed E-state index contributed by atoms with van der Waals surface area (Å²) in [6.45, 7) is 2.89. The second kappa shape index (κ2) is 5.15. The maximum absolute atomic E-state index is 13.2. The van der Waals surface area contributed by atoms with Gasteiger partial charge in [0.1, 0.15) is 11.6 Å². The Kier molecular flexibility index (Phi) is 3.79. The van der Waals surface area contributed by atoms with Crippen molar-refractivity contribution in [2.75, 3.05) is 6.54 Å². The van der Waals surface area contributed by atoms with E-state index in [2.05, 4.69) is 5.32 Å². The van der Waals surface area contributed by atoms with Gasteiger partial charge in [-0.1, -0.05) is 17.7 Å². The van der Waals surface area contributed by atoms with Gasteiger partial charge in [0.2, 0.25) is 0 Å². The van der Waals surface area contributed by atoms with Crippen molar-refractivity contribution >= 4 is 17.4 Å². The Balaban J connectivity index is 2.05. The van der Waals surface area contributed by atoms with Crippen molar-refractivity contribution in [1.29, 1.82) is 0 Å². The summed E-state index contributed by atoms with van der Waals surface area (Å²) in [4.78, 5) is 12.0. The van der Waals surface area contributed by atoms with Crippen molar-refractivity contribution in [3.05, 3.63) is 34.6 Å². The Labute approximate surface area is 105 Å². The smallest absolute Gasteiger partial charge is 0.142 e. The van der Waals surface area contributed by atoms with Gasteiger partial charge in [-0.25, -0.2) is 4.39 Å². The molecule has 2 rings (SSSR count). The normalized spacial score (nSPS) is 23.9. The van der Waals surface area contributed by atoms with E-state index in [0.29, 0.717) is 5.56 Å². The van der Waals surface area contributed by atoms with E-state index < -0.39 is 5.82 Å². The van der Waals surface area contributed by atoms with Crippen molar-refractivity contribution in [2.24, 2.45) is 5.92 Å². The molecule has 92 valence electrons. The molecule has 1 aliphatic rings. The first-order valence-corrected chi connectivity index (χ1v) is 6.16. The molecule has 1 aromatic rings. The predicted octanol–water partition coefficient (Wildman–Crippen LogP) is 2.59. The van der Waals surface area contributed by atoms with Crippen LogP contribution in [0.1, 0.15) is 18.9 Å². The fraction of sp³-hybridized carbons (Fsp3) is 0.462. The number of nitrogens with one attached hydrogen (secondary N) is 1. The monoisotopic (exact) mass is 255 g/mol. The second-order valence-corrected chi connectivity index (χ2v) is 4.94. The summed E-state index contributed by atoms with van der Waals surface area (Å²) in [6.07, 6.45) is 1.15. The average Bonchev–Trinajstić information content (AvgIpc) is 2.70. The van der Waals surface area contributed by atoms with Crippen molar-refractivity contribution in [2.45, 2.75) is 25.8 Å². The summed E-state index contributed by atoms with van der Waals surface area (Å²) in [5, 5.41) is 3.34. The minimum atomic E-state index is -0.463. The highest BCUT2D eigenvalue weighted by Crippen LogP contribution is 2.20. The predicted molar refractivity (Wildman–Crippen MR) is 65.7 cm³/mol. The van der Waals surface area contributed by atoms with Gasteiger partial charge in [0.15, 0.2) is 0 Å². The van der Waals surface area contributed by atoms with Crippen LogP contribution in [-0.2, 0) is 11.2 Å². The van der Waals surface area contributed by atoms with E-state index in [1.807, 2.05) is 6.92 Å². The van der Waals surface area contributed by atoms with Crippen molar-refractivity contribution in [3.63, 3.8) is 0 Å². The number of ketones is 1. The van der Waals surface area contributed by atoms with Gasteiger partial charge in [0, 0.05) is 18.4 Å². The lowest BCUT2D eigenvalue weighted by molar-refractivity contribution is -0.122. The molecule has 0 bridgehead atoms. The largest absolute Gasteiger partial charge is 0.314 e. The molecule has 1 fully saturated rings. The van der Waals surface area contributed by atoms with E-state index in [1.165, 1.54) is 12.1 Å². The van der Waals surface area contributed by atoms with Crippen LogP contribution in [0.3, 0.4) is 0 Å². The molecule has 0 aliphatic carbocycles. The SMILES string of the molecule is CC1NCCC1C(=O)Cc1ccc(Cl)c(F)c1. The highest BCUT2D eigenvalue weighted by Gasteiger charge is 2.28. The molecule has 1 aromatic carbocycles. The summed E-state index contributed by atoms with van der Waals surface area (Å²) < 4.78 is 13.2. The highest BCUT2D eigenvalue weighted by molar-refractivity contribution is 6.30. The molecule has 2 nitrogen and oxygen atoms in total. The molecule has 1 N–H and O–H groups in total. The summed E-state index contributed by atoms with van der Waals surface area (Å²) >= 11 is 5.60. The van der Waals surface area contributed by atoms with Gasteiger partial charge in [0.05, 0.1) is 5.02 Å². The van der Waals surface area contributed by atoms with Crippen LogP contribution in [0.5, 0.6) is 0 Å². The number of hydrogen-bond donors (Lipinski definition) is 1. The van der Waals surface area contributed by atoms with Gasteiger partial charge in [-0.2, -0.15) is 0 Å². The van der Waals surface area contributed by atoms with Crippen LogP contribution in [0.15, 0.2) is 18.2 Å². The quantitative estimate of drug-likeness (QED) is 0.900. The van der Waals surface area contributed by atoms with Crippen molar-refractivity contribution in [1.82, 2.24) is 5.32 Å². The molecular weight excluding hydrogens is 241 g/mol. The number of Topliss-reactive ketones (excluding diaryl/α,β-unsaturated/α-hetero) is 1. The molecule has 2 unspecified atom stereocenters. The molecule has 0 amide bonds. The standard InChI is InChI=1S/C13H15ClFNO/c1-8-10(4-5-16-8)13(17)7-9-2-3-11(14)12(15)6-9/h2-3,6,8,10,16H,4-5,7H2,1H3. The van der Waals surface area contributed by atoms with E-state index >= 15 is 0 Å². The maximum Gasteiger partial charge on any atom is 0.142 e. The minimum Gasteiger partial charge on any atom is -0.314 e. The van der Waals surface area contributed by atoms with Crippen LogP contribution in [0.25, 0.3) is 0 Å². The Hall–Kier alpha value is -0.930. The first-order valence-electron chi connectivity index (χ1n) is 5.78. The number of benzene rings is 1. The second-order valence-electron chi connectivity index (χ2n) is 4.53.